The van der Waals surface area contributed by atoms with Gasteiger partial charge in [-0.25, -0.2) is 0 Å². The second-order valence-electron chi connectivity index (χ2n) is 15.1. The topological polar surface area (TPSA) is 159 Å². The van der Waals surface area contributed by atoms with E-state index in [9.17, 15) is 24.8 Å². The van der Waals surface area contributed by atoms with Crippen LogP contribution in [0, 0.1) is 16.0 Å². The molecule has 1 saturated heterocycles. The lowest BCUT2D eigenvalue weighted by Gasteiger charge is -2.31. The van der Waals surface area contributed by atoms with Gasteiger partial charge in [0.25, 0.3) is 17.2 Å². The number of aromatic nitrogens is 5. The Morgan fingerprint density at radius 3 is 2.46 bits per heavy atom. The number of amides is 1. The van der Waals surface area contributed by atoms with E-state index in [1.54, 1.807) is 77.5 Å². The first-order valence-corrected chi connectivity index (χ1v) is 21.5. The number of aliphatic hydroxyl groups is 1. The highest BCUT2D eigenvalue weighted by Gasteiger charge is 2.67. The molecule has 4 aromatic carbocycles. The molecule has 56 heavy (non-hydrogen) atoms. The van der Waals surface area contributed by atoms with Crippen LogP contribution in [0.2, 0.25) is 18.6 Å². The van der Waals surface area contributed by atoms with E-state index in [0.29, 0.717) is 41.0 Å². The number of benzene rings is 4. The number of fused-ring (bicyclic) bond motifs is 3. The molecule has 4 heterocycles. The normalized spacial score (nSPS) is 21.2. The Morgan fingerprint density at radius 2 is 1.75 bits per heavy atom. The van der Waals surface area contributed by atoms with Gasteiger partial charge in [-0.05, 0) is 54.9 Å². The number of non-ortho nitro benzene ring substituents is 1. The molecule has 5 atom stereocenters. The molecular weight excluding hydrogens is 734 g/mol. The first-order valence-electron chi connectivity index (χ1n) is 18.5. The molecule has 0 aliphatic carbocycles. The lowest BCUT2D eigenvalue weighted by molar-refractivity contribution is -0.385. The van der Waals surface area contributed by atoms with Gasteiger partial charge in [-0.2, -0.15) is 9.78 Å². The Morgan fingerprint density at radius 1 is 1.02 bits per heavy atom. The highest BCUT2D eigenvalue weighted by molar-refractivity contribution is 6.72. The molecule has 1 unspecified atom stereocenters. The lowest BCUT2D eigenvalue weighted by atomic mass is 9.82. The smallest absolute Gasteiger partial charge is 0.279 e. The van der Waals surface area contributed by atoms with Crippen molar-refractivity contribution in [2.45, 2.75) is 62.7 Å². The molecule has 2 aliphatic heterocycles. The molecular formula is C41H40FN7O6Si. The van der Waals surface area contributed by atoms with Gasteiger partial charge in [0.15, 0.2) is 5.60 Å². The van der Waals surface area contributed by atoms with Crippen molar-refractivity contribution in [1.82, 2.24) is 24.8 Å². The van der Waals surface area contributed by atoms with Crippen LogP contribution in [-0.4, -0.2) is 61.8 Å². The first-order chi connectivity index (χ1) is 26.9. The molecule has 1 fully saturated rings. The maximum Gasteiger partial charge on any atom is 0.279 e. The third-order valence-corrected chi connectivity index (χ3v) is 13.8. The monoisotopic (exact) mass is 773 g/mol. The number of rotatable bonds is 11. The maximum atomic E-state index is 16.5. The number of ether oxygens (including phenoxy) is 1. The molecule has 0 bridgehead atoms. The molecule has 286 valence electrons. The molecule has 1 amide bonds. The summed E-state index contributed by atoms with van der Waals surface area (Å²) < 4.78 is 26.3. The van der Waals surface area contributed by atoms with Gasteiger partial charge >= 0.3 is 0 Å². The summed E-state index contributed by atoms with van der Waals surface area (Å²) in [6.07, 6.45) is 2.98. The summed E-state index contributed by atoms with van der Waals surface area (Å²) >= 11 is 0. The number of anilines is 1. The standard InChI is InChI=1S/C41H40FN7O6Si/c1-26-38(56(2,3)42)37(19-20-46-24-35(44-45-46)33(25-50)28-9-5-4-6-10-28)55-41(26)34-21-31(49(53)54)17-18-36(34)47(40(41)52)23-27-13-15-30(16-14-27)48-39(51)32-12-8-7-11-29(32)22-43-48/h4-18,21-22,24,26,33,37-38,50H,19-20,23,25H2,1-3H3/t26-,33?,37+,38-,41+/m0/s1. The van der Waals surface area contributed by atoms with Crippen LogP contribution in [0.3, 0.4) is 0 Å². The number of nitro groups is 1. The van der Waals surface area contributed by atoms with Crippen molar-refractivity contribution in [2.75, 3.05) is 11.5 Å². The van der Waals surface area contributed by atoms with E-state index in [0.717, 1.165) is 16.5 Å². The van der Waals surface area contributed by atoms with Crippen LogP contribution in [-0.2, 0) is 28.2 Å². The molecule has 1 spiro atoms. The molecule has 8 rings (SSSR count). The number of aryl methyl sites for hydroxylation is 1. The van der Waals surface area contributed by atoms with Crippen LogP contribution in [0.25, 0.3) is 16.5 Å². The van der Waals surface area contributed by atoms with Crippen molar-refractivity contribution >= 4 is 36.5 Å². The summed E-state index contributed by atoms with van der Waals surface area (Å²) in [5.41, 5.74) is 0.797. The van der Waals surface area contributed by atoms with Gasteiger partial charge < -0.3 is 18.9 Å². The van der Waals surface area contributed by atoms with Crippen LogP contribution in [0.15, 0.2) is 114 Å². The minimum absolute atomic E-state index is 0.1000. The number of carbonyl (C=O) groups excluding carboxylic acids is 1. The minimum atomic E-state index is -3.53. The molecule has 0 saturated carbocycles. The van der Waals surface area contributed by atoms with Gasteiger partial charge in [0, 0.05) is 47.3 Å². The van der Waals surface area contributed by atoms with Gasteiger partial charge in [0.2, 0.25) is 8.41 Å². The Kier molecular flexibility index (Phi) is 9.46. The summed E-state index contributed by atoms with van der Waals surface area (Å²) in [5.74, 6) is -1.45. The Balaban J connectivity index is 1.09. The zero-order valence-corrected chi connectivity index (χ0v) is 32.0. The molecule has 1 N–H and O–H groups in total. The van der Waals surface area contributed by atoms with Crippen LogP contribution in [0.5, 0.6) is 0 Å². The minimum Gasteiger partial charge on any atom is -0.395 e. The largest absolute Gasteiger partial charge is 0.395 e. The van der Waals surface area contributed by atoms with Gasteiger partial charge in [0.1, 0.15) is 0 Å². The number of halogens is 1. The second kappa shape index (κ2) is 14.3. The number of carbonyl (C=O) groups is 1. The van der Waals surface area contributed by atoms with Gasteiger partial charge in [-0.3, -0.25) is 24.4 Å². The van der Waals surface area contributed by atoms with Gasteiger partial charge in [0.05, 0.1) is 58.7 Å². The highest BCUT2D eigenvalue weighted by atomic mass is 28.4. The zero-order valence-electron chi connectivity index (χ0n) is 31.0. The SMILES string of the molecule is C[C@H]1[C@H]([Si](C)(C)F)[C@@H](CCn2cc(C(CO)c3ccccc3)nn2)O[C@]12C(=O)N(Cc1ccc(-n3ncc4ccccc4c3=O)cc1)c1ccc([N+](=O)[O-])cc12. The second-order valence-corrected chi connectivity index (χ2v) is 18.9. The van der Waals surface area contributed by atoms with Crippen molar-refractivity contribution in [3.05, 3.63) is 152 Å². The number of nitrogens with zero attached hydrogens (tertiary/aromatic N) is 7. The van der Waals surface area contributed by atoms with Crippen molar-refractivity contribution < 1.29 is 23.7 Å². The highest BCUT2D eigenvalue weighted by Crippen LogP contribution is 2.60. The number of aliphatic hydroxyl groups excluding tert-OH is 1. The Bertz CT molecular complexity index is 2510. The van der Waals surface area contributed by atoms with E-state index in [1.807, 2.05) is 49.4 Å². The fourth-order valence-electron chi connectivity index (χ4n) is 8.67. The summed E-state index contributed by atoms with van der Waals surface area (Å²) in [4.78, 5) is 41.2. The van der Waals surface area contributed by atoms with Crippen LogP contribution in [0.4, 0.5) is 15.5 Å². The molecule has 15 heteroatoms. The van der Waals surface area contributed by atoms with Crippen LogP contribution >= 0.6 is 0 Å². The van der Waals surface area contributed by atoms with Crippen molar-refractivity contribution in [3.63, 3.8) is 0 Å². The maximum absolute atomic E-state index is 16.5. The number of hydrogen-bond donors (Lipinski definition) is 1. The summed E-state index contributed by atoms with van der Waals surface area (Å²) in [6.45, 7) is 5.26. The lowest BCUT2D eigenvalue weighted by Crippen LogP contribution is -2.45. The van der Waals surface area contributed by atoms with Crippen LogP contribution < -0.4 is 10.5 Å². The average molecular weight is 774 g/mol. The molecule has 2 aromatic heterocycles. The van der Waals surface area contributed by atoms with Crippen LogP contribution in [0.1, 0.15) is 41.6 Å². The zero-order chi connectivity index (χ0) is 39.4. The fourth-order valence-corrected chi connectivity index (χ4v) is 11.2. The average Bonchev–Trinajstić information content (AvgIpc) is 3.85. The summed E-state index contributed by atoms with van der Waals surface area (Å²) in [7, 11) is -3.53. The fraction of sp³-hybridized carbons (Fsp3) is 0.293. The molecule has 6 aromatic rings. The third-order valence-electron chi connectivity index (χ3n) is 11.3. The first kappa shape index (κ1) is 37.0. The van der Waals surface area contributed by atoms with Crippen molar-refractivity contribution in [2.24, 2.45) is 5.92 Å². The predicted molar refractivity (Wildman–Crippen MR) is 210 cm³/mol. The summed E-state index contributed by atoms with van der Waals surface area (Å²) in [5, 5.41) is 36.4. The van der Waals surface area contributed by atoms with E-state index < -0.39 is 42.4 Å². The van der Waals surface area contributed by atoms with Crippen molar-refractivity contribution in [3.8, 4) is 5.69 Å². The molecule has 0 radical (unpaired) electrons. The molecule has 2 aliphatic rings. The van der Waals surface area contributed by atoms with Gasteiger partial charge in [-0.15, -0.1) is 5.10 Å². The number of hydrogen-bond acceptors (Lipinski definition) is 9. The van der Waals surface area contributed by atoms with E-state index in [2.05, 4.69) is 15.4 Å². The van der Waals surface area contributed by atoms with E-state index >= 15 is 4.11 Å². The van der Waals surface area contributed by atoms with Gasteiger partial charge in [-0.1, -0.05) is 72.8 Å². The number of nitro benzene ring substituents is 1. The van der Waals surface area contributed by atoms with Crippen molar-refractivity contribution in [1.29, 1.82) is 0 Å². The molecule has 13 nitrogen and oxygen atoms in total. The summed E-state index contributed by atoms with van der Waals surface area (Å²) in [6, 6.07) is 28.1. The Labute approximate surface area is 322 Å². The van der Waals surface area contributed by atoms with E-state index in [1.165, 1.54) is 16.8 Å². The third kappa shape index (κ3) is 6.30. The quantitative estimate of drug-likeness (QED) is 0.0679. The predicted octanol–water partition coefficient (Wildman–Crippen LogP) is 6.42. The van der Waals surface area contributed by atoms with E-state index in [4.69, 9.17) is 4.74 Å². The Hall–Kier alpha value is -5.90. The van der Waals surface area contributed by atoms with E-state index in [-0.39, 0.29) is 30.3 Å².